The van der Waals surface area contributed by atoms with E-state index in [0.29, 0.717) is 24.7 Å². The Bertz CT molecular complexity index is 1160. The van der Waals surface area contributed by atoms with Gasteiger partial charge in [-0.25, -0.2) is 4.39 Å². The number of hydrogen-bond donors (Lipinski definition) is 2. The number of benzene rings is 3. The quantitative estimate of drug-likeness (QED) is 0.500. The van der Waals surface area contributed by atoms with Crippen LogP contribution in [0.3, 0.4) is 0 Å². The van der Waals surface area contributed by atoms with Gasteiger partial charge in [-0.1, -0.05) is 18.2 Å². The maximum atomic E-state index is 13.1. The maximum absolute atomic E-state index is 13.1. The Morgan fingerprint density at radius 1 is 0.710 bits per heavy atom. The molecule has 0 saturated carbocycles. The predicted molar refractivity (Wildman–Crippen MR) is 109 cm³/mol. The van der Waals surface area contributed by atoms with E-state index >= 15 is 0 Å². The third-order valence-electron chi connectivity index (χ3n) is 4.62. The van der Waals surface area contributed by atoms with Crippen molar-refractivity contribution in [3.05, 3.63) is 94.8 Å². The smallest absolute Gasteiger partial charge is 0.270 e. The van der Waals surface area contributed by atoms with Gasteiger partial charge in [0, 0.05) is 16.7 Å². The number of halogens is 1. The van der Waals surface area contributed by atoms with Crippen LogP contribution < -0.4 is 20.3 Å². The third kappa shape index (κ3) is 4.37. The highest BCUT2D eigenvalue weighted by atomic mass is 19.1. The predicted octanol–water partition coefficient (Wildman–Crippen LogP) is 2.90. The molecular weight excluding hydrogens is 403 g/mol. The van der Waals surface area contributed by atoms with Gasteiger partial charge in [0.1, 0.15) is 19.0 Å². The van der Waals surface area contributed by atoms with Gasteiger partial charge in [-0.15, -0.1) is 0 Å². The van der Waals surface area contributed by atoms with Crippen LogP contribution in [-0.4, -0.2) is 30.8 Å². The SMILES string of the molecule is O=C(NNC(=O)c1ccccc1C(=O)c1ccc(F)cc1)c1ccc2c(c1)OCCO2. The number of rotatable bonds is 4. The fraction of sp³-hybridized carbons (Fsp3) is 0.0870. The molecule has 0 bridgehead atoms. The zero-order valence-electron chi connectivity index (χ0n) is 16.2. The number of carbonyl (C=O) groups is 3. The molecule has 0 radical (unpaired) electrons. The molecule has 2 N–H and O–H groups in total. The van der Waals surface area contributed by atoms with Crippen LogP contribution in [0.25, 0.3) is 0 Å². The Morgan fingerprint density at radius 3 is 2.06 bits per heavy atom. The number of carbonyl (C=O) groups excluding carboxylic acids is 3. The lowest BCUT2D eigenvalue weighted by atomic mass is 9.98. The van der Waals surface area contributed by atoms with Crippen LogP contribution in [0.15, 0.2) is 66.7 Å². The summed E-state index contributed by atoms with van der Waals surface area (Å²) in [6, 6.07) is 15.9. The zero-order chi connectivity index (χ0) is 21.8. The maximum Gasteiger partial charge on any atom is 0.270 e. The van der Waals surface area contributed by atoms with E-state index in [-0.39, 0.29) is 22.3 Å². The van der Waals surface area contributed by atoms with Crippen molar-refractivity contribution in [2.45, 2.75) is 0 Å². The summed E-state index contributed by atoms with van der Waals surface area (Å²) in [4.78, 5) is 37.8. The second-order valence-corrected chi connectivity index (χ2v) is 6.65. The molecule has 1 aliphatic heterocycles. The molecular formula is C23H17FN2O5. The van der Waals surface area contributed by atoms with Gasteiger partial charge in [0.2, 0.25) is 0 Å². The van der Waals surface area contributed by atoms with E-state index in [4.69, 9.17) is 9.47 Å². The summed E-state index contributed by atoms with van der Waals surface area (Å²) >= 11 is 0. The highest BCUT2D eigenvalue weighted by Crippen LogP contribution is 2.30. The number of hydrogen-bond acceptors (Lipinski definition) is 5. The van der Waals surface area contributed by atoms with Crippen molar-refractivity contribution in [1.82, 2.24) is 10.9 Å². The highest BCUT2D eigenvalue weighted by Gasteiger charge is 2.19. The number of fused-ring (bicyclic) bond motifs is 1. The number of hydrazine groups is 1. The molecule has 1 heterocycles. The van der Waals surface area contributed by atoms with Crippen LogP contribution in [0.4, 0.5) is 4.39 Å². The molecule has 0 aromatic heterocycles. The zero-order valence-corrected chi connectivity index (χ0v) is 16.2. The molecule has 2 amide bonds. The average molecular weight is 420 g/mol. The van der Waals surface area contributed by atoms with E-state index in [1.807, 2.05) is 0 Å². The number of ketones is 1. The minimum absolute atomic E-state index is 0.0688. The van der Waals surface area contributed by atoms with Gasteiger partial charge in [0.05, 0.1) is 5.56 Å². The van der Waals surface area contributed by atoms with Crippen molar-refractivity contribution in [2.75, 3.05) is 13.2 Å². The second kappa shape index (κ2) is 8.66. The van der Waals surface area contributed by atoms with Crippen molar-refractivity contribution in [1.29, 1.82) is 0 Å². The van der Waals surface area contributed by atoms with Crippen LogP contribution in [-0.2, 0) is 0 Å². The molecule has 0 spiro atoms. The second-order valence-electron chi connectivity index (χ2n) is 6.65. The first-order valence-electron chi connectivity index (χ1n) is 9.42. The summed E-state index contributed by atoms with van der Waals surface area (Å²) in [6.07, 6.45) is 0. The Kier molecular flexibility index (Phi) is 5.61. The first kappa shape index (κ1) is 20.1. The summed E-state index contributed by atoms with van der Waals surface area (Å²) in [5.41, 5.74) is 5.33. The summed E-state index contributed by atoms with van der Waals surface area (Å²) in [7, 11) is 0. The van der Waals surface area contributed by atoms with E-state index in [1.165, 1.54) is 42.5 Å². The van der Waals surface area contributed by atoms with Crippen LogP contribution >= 0.6 is 0 Å². The monoisotopic (exact) mass is 420 g/mol. The normalized spacial score (nSPS) is 12.0. The van der Waals surface area contributed by atoms with Crippen LogP contribution in [0.5, 0.6) is 11.5 Å². The van der Waals surface area contributed by atoms with Crippen molar-refractivity contribution in [3.8, 4) is 11.5 Å². The van der Waals surface area contributed by atoms with Gasteiger partial charge in [-0.05, 0) is 48.5 Å². The first-order chi connectivity index (χ1) is 15.0. The molecule has 31 heavy (non-hydrogen) atoms. The summed E-state index contributed by atoms with van der Waals surface area (Å²) in [5, 5.41) is 0. The first-order valence-corrected chi connectivity index (χ1v) is 9.42. The molecule has 7 nitrogen and oxygen atoms in total. The molecule has 0 aliphatic carbocycles. The lowest BCUT2D eigenvalue weighted by Gasteiger charge is -2.18. The molecule has 156 valence electrons. The molecule has 3 aromatic rings. The van der Waals surface area contributed by atoms with E-state index in [0.717, 1.165) is 0 Å². The topological polar surface area (TPSA) is 93.7 Å². The molecule has 4 rings (SSSR count). The number of amides is 2. The van der Waals surface area contributed by atoms with Gasteiger partial charge in [0.15, 0.2) is 17.3 Å². The Morgan fingerprint density at radius 2 is 1.32 bits per heavy atom. The van der Waals surface area contributed by atoms with E-state index in [2.05, 4.69) is 10.9 Å². The minimum Gasteiger partial charge on any atom is -0.486 e. The molecule has 0 fully saturated rings. The lowest BCUT2D eigenvalue weighted by molar-refractivity contribution is 0.0844. The van der Waals surface area contributed by atoms with Gasteiger partial charge in [0.25, 0.3) is 11.8 Å². The van der Waals surface area contributed by atoms with Crippen LogP contribution in [0.1, 0.15) is 36.6 Å². The molecule has 8 heteroatoms. The minimum atomic E-state index is -0.669. The van der Waals surface area contributed by atoms with Gasteiger partial charge in [-0.3, -0.25) is 25.2 Å². The van der Waals surface area contributed by atoms with E-state index in [1.54, 1.807) is 24.3 Å². The van der Waals surface area contributed by atoms with Crippen molar-refractivity contribution in [3.63, 3.8) is 0 Å². The standard InChI is InChI=1S/C23H17FN2O5/c24-16-8-5-14(6-9-16)21(27)17-3-1-2-4-18(17)23(29)26-25-22(28)15-7-10-19-20(13-15)31-12-11-30-19/h1-10,13H,11-12H2,(H,25,28)(H,26,29). The molecule has 0 unspecified atom stereocenters. The Labute approximate surface area is 176 Å². The Hall–Kier alpha value is -4.20. The van der Waals surface area contributed by atoms with Gasteiger partial charge < -0.3 is 9.47 Å². The third-order valence-corrected chi connectivity index (χ3v) is 4.62. The van der Waals surface area contributed by atoms with Gasteiger partial charge >= 0.3 is 0 Å². The molecule has 0 saturated heterocycles. The lowest BCUT2D eigenvalue weighted by Crippen LogP contribution is -2.42. The van der Waals surface area contributed by atoms with Crippen LogP contribution in [0.2, 0.25) is 0 Å². The summed E-state index contributed by atoms with van der Waals surface area (Å²) < 4.78 is 24.0. The van der Waals surface area contributed by atoms with E-state index in [9.17, 15) is 18.8 Å². The average Bonchev–Trinajstić information content (AvgIpc) is 2.82. The molecule has 0 atom stereocenters. The highest BCUT2D eigenvalue weighted by molar-refractivity contribution is 6.15. The number of ether oxygens (including phenoxy) is 2. The van der Waals surface area contributed by atoms with E-state index < -0.39 is 23.4 Å². The van der Waals surface area contributed by atoms with Crippen LogP contribution in [0, 0.1) is 5.82 Å². The summed E-state index contributed by atoms with van der Waals surface area (Å²) in [5.74, 6) is -1.15. The largest absolute Gasteiger partial charge is 0.486 e. The molecule has 1 aliphatic rings. The number of nitrogens with one attached hydrogen (secondary N) is 2. The van der Waals surface area contributed by atoms with Gasteiger partial charge in [-0.2, -0.15) is 0 Å². The molecule has 3 aromatic carbocycles. The van der Waals surface area contributed by atoms with Crippen molar-refractivity contribution < 1.29 is 28.2 Å². The fourth-order valence-electron chi connectivity index (χ4n) is 3.07. The summed E-state index contributed by atoms with van der Waals surface area (Å²) in [6.45, 7) is 0.818. The van der Waals surface area contributed by atoms with Crippen molar-refractivity contribution in [2.24, 2.45) is 0 Å². The Balaban J connectivity index is 1.47. The fourth-order valence-corrected chi connectivity index (χ4v) is 3.07. The van der Waals surface area contributed by atoms with Crippen molar-refractivity contribution >= 4 is 17.6 Å².